The first-order valence-electron chi connectivity index (χ1n) is 7.54. The number of nitrogens with zero attached hydrogens (tertiary/aromatic N) is 1. The fourth-order valence-corrected chi connectivity index (χ4v) is 2.05. The summed E-state index contributed by atoms with van der Waals surface area (Å²) >= 11 is 0. The predicted octanol–water partition coefficient (Wildman–Crippen LogP) is 3.50. The Morgan fingerprint density at radius 3 is 2.36 bits per heavy atom. The molecule has 25 heavy (non-hydrogen) atoms. The molecule has 0 spiro atoms. The van der Waals surface area contributed by atoms with Gasteiger partial charge >= 0.3 is 5.97 Å². The maximum atomic E-state index is 10.7. The van der Waals surface area contributed by atoms with Crippen LogP contribution in [0.25, 0.3) is 17.0 Å². The number of aromatic nitrogens is 1. The highest BCUT2D eigenvalue weighted by Gasteiger charge is 1.94. The Morgan fingerprint density at radius 1 is 1.04 bits per heavy atom. The minimum atomic E-state index is -0.399. The number of ether oxygens (including phenoxy) is 1. The molecular formula is C20H18N2O3. The number of fused-ring (bicyclic) bond motifs is 1. The lowest BCUT2D eigenvalue weighted by Crippen LogP contribution is -1.93. The van der Waals surface area contributed by atoms with Crippen LogP contribution in [0, 0.1) is 0 Å². The number of para-hydroxylation sites is 1. The number of carbonyl (C=O) groups excluding carboxylic acids is 2. The van der Waals surface area contributed by atoms with E-state index in [1.165, 1.54) is 13.2 Å². The summed E-state index contributed by atoms with van der Waals surface area (Å²) in [5, 5.41) is 1.09. The highest BCUT2D eigenvalue weighted by molar-refractivity contribution is 5.88. The topological polar surface area (TPSA) is 82.3 Å². The van der Waals surface area contributed by atoms with E-state index in [4.69, 9.17) is 5.73 Å². The molecule has 0 aliphatic heterocycles. The second-order valence-electron chi connectivity index (χ2n) is 5.06. The van der Waals surface area contributed by atoms with E-state index in [1.54, 1.807) is 36.5 Å². The van der Waals surface area contributed by atoms with Gasteiger partial charge in [0, 0.05) is 23.2 Å². The molecule has 2 N–H and O–H groups in total. The maximum absolute atomic E-state index is 10.7. The average Bonchev–Trinajstić information content (AvgIpc) is 2.67. The molecule has 0 unspecified atom stereocenters. The van der Waals surface area contributed by atoms with Crippen molar-refractivity contribution < 1.29 is 14.3 Å². The lowest BCUT2D eigenvalue weighted by Gasteiger charge is -1.97. The summed E-state index contributed by atoms with van der Waals surface area (Å²) in [6.45, 7) is 0. The van der Waals surface area contributed by atoms with Crippen LogP contribution in [0.4, 0.5) is 5.69 Å². The highest BCUT2D eigenvalue weighted by Crippen LogP contribution is 2.16. The van der Waals surface area contributed by atoms with E-state index in [1.807, 2.05) is 30.3 Å². The zero-order valence-corrected chi connectivity index (χ0v) is 13.8. The van der Waals surface area contributed by atoms with Gasteiger partial charge in [0.2, 0.25) is 0 Å². The molecule has 3 rings (SSSR count). The van der Waals surface area contributed by atoms with Crippen molar-refractivity contribution in [1.29, 1.82) is 0 Å². The fraction of sp³-hybridized carbons (Fsp3) is 0.0500. The van der Waals surface area contributed by atoms with Crippen molar-refractivity contribution in [3.63, 3.8) is 0 Å². The molecule has 0 aliphatic rings. The zero-order valence-electron chi connectivity index (χ0n) is 13.8. The van der Waals surface area contributed by atoms with Gasteiger partial charge in [0.1, 0.15) is 6.29 Å². The first-order valence-corrected chi connectivity index (χ1v) is 7.54. The molecule has 2 aromatic carbocycles. The number of nitrogen functional groups attached to an aromatic ring is 1. The summed E-state index contributed by atoms with van der Waals surface area (Å²) in [7, 11) is 1.32. The number of methoxy groups -OCH3 is 1. The van der Waals surface area contributed by atoms with Crippen molar-refractivity contribution in [2.24, 2.45) is 0 Å². The molecule has 0 amide bonds. The van der Waals surface area contributed by atoms with E-state index < -0.39 is 5.97 Å². The molecule has 0 bridgehead atoms. The number of pyridine rings is 1. The van der Waals surface area contributed by atoms with Gasteiger partial charge in [0.15, 0.2) is 0 Å². The van der Waals surface area contributed by atoms with Gasteiger partial charge in [-0.1, -0.05) is 42.5 Å². The number of hydrogen-bond acceptors (Lipinski definition) is 5. The second kappa shape index (κ2) is 8.98. The van der Waals surface area contributed by atoms with E-state index in [0.29, 0.717) is 5.56 Å². The molecule has 0 radical (unpaired) electrons. The van der Waals surface area contributed by atoms with E-state index >= 15 is 0 Å². The number of hydrogen-bond donors (Lipinski definition) is 1. The zero-order chi connectivity index (χ0) is 18.1. The van der Waals surface area contributed by atoms with Gasteiger partial charge in [-0.3, -0.25) is 9.78 Å². The van der Waals surface area contributed by atoms with Crippen molar-refractivity contribution in [3.8, 4) is 0 Å². The number of anilines is 1. The van der Waals surface area contributed by atoms with E-state index in [-0.39, 0.29) is 0 Å². The van der Waals surface area contributed by atoms with Gasteiger partial charge in [-0.15, -0.1) is 0 Å². The molecule has 1 heterocycles. The summed E-state index contributed by atoms with van der Waals surface area (Å²) in [4.78, 5) is 25.2. The van der Waals surface area contributed by atoms with Crippen LogP contribution in [0.3, 0.4) is 0 Å². The van der Waals surface area contributed by atoms with Crippen molar-refractivity contribution >= 4 is 34.9 Å². The number of benzene rings is 2. The Labute approximate surface area is 145 Å². The minimum Gasteiger partial charge on any atom is -0.466 e. The van der Waals surface area contributed by atoms with Gasteiger partial charge < -0.3 is 10.5 Å². The van der Waals surface area contributed by atoms with E-state index in [9.17, 15) is 9.59 Å². The number of rotatable bonds is 3. The van der Waals surface area contributed by atoms with Crippen LogP contribution in [-0.2, 0) is 9.53 Å². The SMILES string of the molecule is COC(=O)/C=C/c1ccc(C=O)cc1.Nc1cccc2cccnc12. The van der Waals surface area contributed by atoms with Crippen molar-refractivity contribution in [2.45, 2.75) is 0 Å². The largest absolute Gasteiger partial charge is 0.466 e. The number of carbonyl (C=O) groups is 2. The molecule has 0 fully saturated rings. The first-order chi connectivity index (χ1) is 12.1. The second-order valence-corrected chi connectivity index (χ2v) is 5.06. The molecule has 3 aromatic rings. The van der Waals surface area contributed by atoms with E-state index in [2.05, 4.69) is 9.72 Å². The van der Waals surface area contributed by atoms with Crippen molar-refractivity contribution in [3.05, 3.63) is 78.0 Å². The molecule has 0 aliphatic carbocycles. The van der Waals surface area contributed by atoms with Crippen molar-refractivity contribution in [1.82, 2.24) is 4.98 Å². The van der Waals surface area contributed by atoms with Crippen LogP contribution in [-0.4, -0.2) is 24.3 Å². The molecular weight excluding hydrogens is 316 g/mol. The molecule has 126 valence electrons. The van der Waals surface area contributed by atoms with Crippen molar-refractivity contribution in [2.75, 3.05) is 12.8 Å². The molecule has 5 nitrogen and oxygen atoms in total. The van der Waals surface area contributed by atoms with Gasteiger partial charge in [0.25, 0.3) is 0 Å². The molecule has 0 atom stereocenters. The Bertz CT molecular complexity index is 882. The Morgan fingerprint density at radius 2 is 1.72 bits per heavy atom. The summed E-state index contributed by atoms with van der Waals surface area (Å²) in [6.07, 6.45) is 5.48. The third-order valence-electron chi connectivity index (χ3n) is 3.35. The normalized spacial score (nSPS) is 10.1. The average molecular weight is 334 g/mol. The Hall–Kier alpha value is -3.47. The maximum Gasteiger partial charge on any atom is 0.330 e. The summed E-state index contributed by atoms with van der Waals surface area (Å²) < 4.78 is 4.43. The monoisotopic (exact) mass is 334 g/mol. The fourth-order valence-electron chi connectivity index (χ4n) is 2.05. The Balaban J connectivity index is 0.000000185. The lowest BCUT2D eigenvalue weighted by atomic mass is 10.1. The molecule has 1 aromatic heterocycles. The number of esters is 1. The number of aldehydes is 1. The van der Waals surface area contributed by atoms with Gasteiger partial charge in [0.05, 0.1) is 18.3 Å². The van der Waals surface area contributed by atoms with Gasteiger partial charge in [-0.25, -0.2) is 4.79 Å². The highest BCUT2D eigenvalue weighted by atomic mass is 16.5. The van der Waals surface area contributed by atoms with Crippen LogP contribution in [0.1, 0.15) is 15.9 Å². The lowest BCUT2D eigenvalue weighted by molar-refractivity contribution is -0.134. The van der Waals surface area contributed by atoms with Gasteiger partial charge in [-0.05, 0) is 23.8 Å². The van der Waals surface area contributed by atoms with Crippen LogP contribution in [0.2, 0.25) is 0 Å². The van der Waals surface area contributed by atoms with Crippen LogP contribution < -0.4 is 5.73 Å². The third-order valence-corrected chi connectivity index (χ3v) is 3.35. The summed E-state index contributed by atoms with van der Waals surface area (Å²) in [5.74, 6) is -0.399. The first kappa shape index (κ1) is 17.9. The van der Waals surface area contributed by atoms with Gasteiger partial charge in [-0.2, -0.15) is 0 Å². The molecule has 0 saturated heterocycles. The standard InChI is InChI=1S/C11H10O3.C9H8N2/c1-14-11(13)7-6-9-2-4-10(8-12)5-3-9;10-8-5-1-3-7-4-2-6-11-9(7)8/h2-8H,1H3;1-6H,10H2/b7-6+;. The third kappa shape index (κ3) is 5.28. The molecule has 5 heteroatoms. The Kier molecular flexibility index (Phi) is 6.42. The van der Waals surface area contributed by atoms with Crippen LogP contribution >= 0.6 is 0 Å². The van der Waals surface area contributed by atoms with E-state index in [0.717, 1.165) is 28.4 Å². The molecule has 0 saturated carbocycles. The quantitative estimate of drug-likeness (QED) is 0.343. The predicted molar refractivity (Wildman–Crippen MR) is 99.0 cm³/mol. The minimum absolute atomic E-state index is 0.399. The van der Waals surface area contributed by atoms with Crippen LogP contribution in [0.5, 0.6) is 0 Å². The summed E-state index contributed by atoms with van der Waals surface area (Å²) in [6, 6.07) is 16.6. The smallest absolute Gasteiger partial charge is 0.330 e. The number of nitrogens with two attached hydrogens (primary N) is 1. The van der Waals surface area contributed by atoms with Crippen LogP contribution in [0.15, 0.2) is 66.9 Å². The summed E-state index contributed by atoms with van der Waals surface area (Å²) in [5.41, 5.74) is 8.78.